The molecule has 1 aliphatic carbocycles. The first kappa shape index (κ1) is 14.4. The van der Waals surface area contributed by atoms with Crippen LogP contribution < -0.4 is 11.1 Å². The highest BCUT2D eigenvalue weighted by atomic mass is 32.1. The summed E-state index contributed by atoms with van der Waals surface area (Å²) in [6, 6.07) is 0. The number of hydrogen-bond acceptors (Lipinski definition) is 3. The Balaban J connectivity index is 2.35. The van der Waals surface area contributed by atoms with Crippen molar-refractivity contribution >= 4 is 23.1 Å². The molecule has 0 aromatic carbocycles. The van der Waals surface area contributed by atoms with E-state index in [9.17, 15) is 4.79 Å². The Morgan fingerprint density at radius 3 is 2.59 bits per heavy atom. The predicted octanol–water partition coefficient (Wildman–Crippen LogP) is 1.52. The largest absolute Gasteiger partial charge is 0.391 e. The van der Waals surface area contributed by atoms with Crippen molar-refractivity contribution in [2.75, 3.05) is 13.2 Å². The fraction of sp³-hybridized carbons (Fsp3) is 0.833. The standard InChI is InChI=1S/C12H22N2O2S/c1-2-8-16-9-5-10(15)14-12(11(13)17)6-3-4-7-12/h2-9H2,1H3,(H2,13,17)(H,14,15). The number of rotatable bonds is 7. The SMILES string of the molecule is CCCOCCC(=O)NC1(C(N)=S)CCCC1. The number of carbonyl (C=O) groups excluding carboxylic acids is 1. The van der Waals surface area contributed by atoms with Crippen LogP contribution in [0.2, 0.25) is 0 Å². The minimum Gasteiger partial charge on any atom is -0.391 e. The van der Waals surface area contributed by atoms with Crippen LogP contribution in [0.25, 0.3) is 0 Å². The average Bonchev–Trinajstić information content (AvgIpc) is 2.74. The van der Waals surface area contributed by atoms with Crippen LogP contribution in [0.15, 0.2) is 0 Å². The number of hydrogen-bond donors (Lipinski definition) is 2. The summed E-state index contributed by atoms with van der Waals surface area (Å²) in [6.07, 6.45) is 5.23. The van der Waals surface area contributed by atoms with Crippen molar-refractivity contribution in [1.82, 2.24) is 5.32 Å². The molecule has 1 aliphatic rings. The van der Waals surface area contributed by atoms with Gasteiger partial charge in [0.15, 0.2) is 0 Å². The molecular formula is C12H22N2O2S. The number of nitrogens with one attached hydrogen (secondary N) is 1. The molecule has 0 spiro atoms. The summed E-state index contributed by atoms with van der Waals surface area (Å²) in [7, 11) is 0. The summed E-state index contributed by atoms with van der Waals surface area (Å²) < 4.78 is 5.29. The van der Waals surface area contributed by atoms with Crippen molar-refractivity contribution < 1.29 is 9.53 Å². The van der Waals surface area contributed by atoms with E-state index < -0.39 is 5.54 Å². The molecule has 0 unspecified atom stereocenters. The van der Waals surface area contributed by atoms with E-state index in [1.807, 2.05) is 6.92 Å². The van der Waals surface area contributed by atoms with Crippen LogP contribution in [0.4, 0.5) is 0 Å². The van der Waals surface area contributed by atoms with Gasteiger partial charge in [0.25, 0.3) is 0 Å². The zero-order chi connectivity index (χ0) is 12.7. The smallest absolute Gasteiger partial charge is 0.223 e. The van der Waals surface area contributed by atoms with Crippen molar-refractivity contribution in [3.8, 4) is 0 Å². The highest BCUT2D eigenvalue weighted by Gasteiger charge is 2.37. The normalized spacial score (nSPS) is 17.9. The molecule has 0 aromatic heterocycles. The fourth-order valence-corrected chi connectivity index (χ4v) is 2.41. The molecule has 0 radical (unpaired) electrons. The lowest BCUT2D eigenvalue weighted by Crippen LogP contribution is -2.54. The Hall–Kier alpha value is -0.680. The predicted molar refractivity (Wildman–Crippen MR) is 71.9 cm³/mol. The molecule has 1 saturated carbocycles. The maximum atomic E-state index is 11.8. The van der Waals surface area contributed by atoms with Gasteiger partial charge in [-0.2, -0.15) is 0 Å². The van der Waals surface area contributed by atoms with Gasteiger partial charge in [-0.25, -0.2) is 0 Å². The van der Waals surface area contributed by atoms with Crippen molar-refractivity contribution in [2.24, 2.45) is 5.73 Å². The third kappa shape index (κ3) is 4.24. The van der Waals surface area contributed by atoms with Crippen LogP contribution >= 0.6 is 12.2 Å². The van der Waals surface area contributed by atoms with E-state index in [1.54, 1.807) is 0 Å². The van der Waals surface area contributed by atoms with E-state index in [-0.39, 0.29) is 5.91 Å². The van der Waals surface area contributed by atoms with Gasteiger partial charge >= 0.3 is 0 Å². The second-order valence-electron chi connectivity index (χ2n) is 4.56. The number of ether oxygens (including phenoxy) is 1. The van der Waals surface area contributed by atoms with Gasteiger partial charge < -0.3 is 15.8 Å². The molecule has 17 heavy (non-hydrogen) atoms. The van der Waals surface area contributed by atoms with Crippen molar-refractivity contribution in [1.29, 1.82) is 0 Å². The molecule has 1 fully saturated rings. The molecule has 1 amide bonds. The van der Waals surface area contributed by atoms with Crippen LogP contribution in [-0.4, -0.2) is 29.6 Å². The minimum atomic E-state index is -0.433. The van der Waals surface area contributed by atoms with Crippen LogP contribution in [0.3, 0.4) is 0 Å². The maximum absolute atomic E-state index is 11.8. The van der Waals surface area contributed by atoms with Gasteiger partial charge in [-0.3, -0.25) is 4.79 Å². The first-order chi connectivity index (χ1) is 8.10. The Labute approximate surface area is 108 Å². The third-order valence-corrected chi connectivity index (χ3v) is 3.52. The van der Waals surface area contributed by atoms with Gasteiger partial charge in [-0.1, -0.05) is 32.0 Å². The Morgan fingerprint density at radius 1 is 1.41 bits per heavy atom. The molecule has 0 aliphatic heterocycles. The van der Waals surface area contributed by atoms with Gasteiger partial charge in [0, 0.05) is 13.0 Å². The van der Waals surface area contributed by atoms with E-state index in [4.69, 9.17) is 22.7 Å². The molecule has 98 valence electrons. The third-order valence-electron chi connectivity index (χ3n) is 3.13. The molecule has 3 N–H and O–H groups in total. The lowest BCUT2D eigenvalue weighted by molar-refractivity contribution is -0.123. The lowest BCUT2D eigenvalue weighted by atomic mass is 9.97. The van der Waals surface area contributed by atoms with Gasteiger partial charge in [0.05, 0.1) is 17.1 Å². The zero-order valence-corrected chi connectivity index (χ0v) is 11.3. The molecule has 0 saturated heterocycles. The van der Waals surface area contributed by atoms with E-state index in [0.29, 0.717) is 24.6 Å². The Bertz CT molecular complexity index is 276. The van der Waals surface area contributed by atoms with Gasteiger partial charge in [0.2, 0.25) is 5.91 Å². The molecule has 1 rings (SSSR count). The van der Waals surface area contributed by atoms with E-state index in [0.717, 1.165) is 32.1 Å². The summed E-state index contributed by atoms with van der Waals surface area (Å²) in [4.78, 5) is 12.2. The molecule has 0 atom stereocenters. The van der Waals surface area contributed by atoms with E-state index in [2.05, 4.69) is 5.32 Å². The summed E-state index contributed by atoms with van der Waals surface area (Å²) >= 11 is 5.07. The van der Waals surface area contributed by atoms with Crippen LogP contribution in [0.1, 0.15) is 45.4 Å². The number of carbonyl (C=O) groups is 1. The van der Waals surface area contributed by atoms with Crippen LogP contribution in [0, 0.1) is 0 Å². The topological polar surface area (TPSA) is 64.3 Å². The van der Waals surface area contributed by atoms with E-state index >= 15 is 0 Å². The lowest BCUT2D eigenvalue weighted by Gasteiger charge is -2.29. The second-order valence-corrected chi connectivity index (χ2v) is 5.00. The molecule has 4 nitrogen and oxygen atoms in total. The van der Waals surface area contributed by atoms with Crippen molar-refractivity contribution in [3.63, 3.8) is 0 Å². The Kier molecular flexibility index (Phi) is 5.85. The minimum absolute atomic E-state index is 0.0178. The first-order valence-electron chi connectivity index (χ1n) is 6.29. The van der Waals surface area contributed by atoms with Gasteiger partial charge in [-0.05, 0) is 19.3 Å². The quantitative estimate of drug-likeness (QED) is 0.537. The summed E-state index contributed by atoms with van der Waals surface area (Å²) in [5.41, 5.74) is 5.31. The zero-order valence-electron chi connectivity index (χ0n) is 10.5. The number of thiocarbonyl (C=S) groups is 1. The van der Waals surface area contributed by atoms with Gasteiger partial charge in [-0.15, -0.1) is 0 Å². The van der Waals surface area contributed by atoms with Crippen molar-refractivity contribution in [3.05, 3.63) is 0 Å². The van der Waals surface area contributed by atoms with Crippen LogP contribution in [-0.2, 0) is 9.53 Å². The van der Waals surface area contributed by atoms with E-state index in [1.165, 1.54) is 0 Å². The second kappa shape index (κ2) is 6.91. The van der Waals surface area contributed by atoms with Crippen LogP contribution in [0.5, 0.6) is 0 Å². The summed E-state index contributed by atoms with van der Waals surface area (Å²) in [5.74, 6) is -0.0178. The molecule has 0 aromatic rings. The summed E-state index contributed by atoms with van der Waals surface area (Å²) in [6.45, 7) is 3.21. The molecule has 0 bridgehead atoms. The monoisotopic (exact) mass is 258 g/mol. The maximum Gasteiger partial charge on any atom is 0.223 e. The molecule has 0 heterocycles. The average molecular weight is 258 g/mol. The Morgan fingerprint density at radius 2 is 2.06 bits per heavy atom. The molecular weight excluding hydrogens is 236 g/mol. The number of nitrogens with two attached hydrogens (primary N) is 1. The number of amides is 1. The molecule has 5 heteroatoms. The fourth-order valence-electron chi connectivity index (χ4n) is 2.15. The summed E-state index contributed by atoms with van der Waals surface area (Å²) in [5, 5.41) is 2.98. The highest BCUT2D eigenvalue weighted by molar-refractivity contribution is 7.80. The van der Waals surface area contributed by atoms with Gasteiger partial charge in [0.1, 0.15) is 0 Å². The van der Waals surface area contributed by atoms with Crippen molar-refractivity contribution in [2.45, 2.75) is 51.0 Å². The first-order valence-corrected chi connectivity index (χ1v) is 6.70. The highest BCUT2D eigenvalue weighted by Crippen LogP contribution is 2.30.